The number of halogens is 1. The number of ether oxygens (including phenoxy) is 2. The van der Waals surface area contributed by atoms with Crippen molar-refractivity contribution >= 4 is 15.9 Å². The molecule has 2 aliphatic rings. The first-order valence-electron chi connectivity index (χ1n) is 5.79. The Bertz CT molecular complexity index is 444. The van der Waals surface area contributed by atoms with Gasteiger partial charge in [-0.2, -0.15) is 0 Å². The zero-order valence-corrected chi connectivity index (χ0v) is 10.9. The Labute approximate surface area is 108 Å². The SMILES string of the molecule is Oc1c(Br)cc2c(c1C1CCNC1)OCCO2. The molecule has 1 aromatic carbocycles. The van der Waals surface area contributed by atoms with Gasteiger partial charge in [0, 0.05) is 24.1 Å². The Morgan fingerprint density at radius 3 is 2.94 bits per heavy atom. The fourth-order valence-electron chi connectivity index (χ4n) is 2.45. The third-order valence-electron chi connectivity index (χ3n) is 3.26. The number of benzene rings is 1. The van der Waals surface area contributed by atoms with Crippen molar-refractivity contribution in [1.29, 1.82) is 0 Å². The van der Waals surface area contributed by atoms with E-state index in [1.807, 2.05) is 0 Å². The molecule has 0 aliphatic carbocycles. The van der Waals surface area contributed by atoms with Crippen LogP contribution in [0, 0.1) is 0 Å². The molecule has 1 saturated heterocycles. The van der Waals surface area contributed by atoms with Gasteiger partial charge in [-0.25, -0.2) is 0 Å². The van der Waals surface area contributed by atoms with E-state index in [-0.39, 0.29) is 5.75 Å². The molecule has 17 heavy (non-hydrogen) atoms. The first-order valence-corrected chi connectivity index (χ1v) is 6.58. The van der Waals surface area contributed by atoms with E-state index < -0.39 is 0 Å². The number of aromatic hydroxyl groups is 1. The summed E-state index contributed by atoms with van der Waals surface area (Å²) in [6.45, 7) is 2.96. The molecule has 0 bridgehead atoms. The lowest BCUT2D eigenvalue weighted by molar-refractivity contribution is 0.168. The Balaban J connectivity index is 2.12. The minimum Gasteiger partial charge on any atom is -0.506 e. The highest BCUT2D eigenvalue weighted by atomic mass is 79.9. The summed E-state index contributed by atoms with van der Waals surface area (Å²) in [6, 6.07) is 1.77. The summed E-state index contributed by atoms with van der Waals surface area (Å²) in [6.07, 6.45) is 1.01. The maximum absolute atomic E-state index is 10.2. The average Bonchev–Trinajstić information content (AvgIpc) is 2.84. The van der Waals surface area contributed by atoms with Crippen LogP contribution in [0.1, 0.15) is 17.9 Å². The predicted molar refractivity (Wildman–Crippen MR) is 67.0 cm³/mol. The topological polar surface area (TPSA) is 50.7 Å². The van der Waals surface area contributed by atoms with E-state index in [1.54, 1.807) is 6.07 Å². The molecule has 2 heterocycles. The number of fused-ring (bicyclic) bond motifs is 1. The highest BCUT2D eigenvalue weighted by Gasteiger charge is 2.29. The summed E-state index contributed by atoms with van der Waals surface area (Å²) >= 11 is 3.37. The van der Waals surface area contributed by atoms with Crippen molar-refractivity contribution in [3.63, 3.8) is 0 Å². The maximum atomic E-state index is 10.2. The number of hydrogen-bond acceptors (Lipinski definition) is 4. The minimum absolute atomic E-state index is 0.281. The van der Waals surface area contributed by atoms with Crippen LogP contribution in [0.15, 0.2) is 10.5 Å². The van der Waals surface area contributed by atoms with Gasteiger partial charge in [0.25, 0.3) is 0 Å². The minimum atomic E-state index is 0.281. The van der Waals surface area contributed by atoms with Gasteiger partial charge < -0.3 is 19.9 Å². The van der Waals surface area contributed by atoms with Crippen LogP contribution in [0.2, 0.25) is 0 Å². The molecule has 2 N–H and O–H groups in total. The third-order valence-corrected chi connectivity index (χ3v) is 3.87. The second-order valence-electron chi connectivity index (χ2n) is 4.33. The smallest absolute Gasteiger partial charge is 0.168 e. The Morgan fingerprint density at radius 2 is 2.18 bits per heavy atom. The molecular formula is C12H14BrNO3. The van der Waals surface area contributed by atoms with Gasteiger partial charge in [0.1, 0.15) is 19.0 Å². The summed E-state index contributed by atoms with van der Waals surface area (Å²) in [5, 5.41) is 13.5. The van der Waals surface area contributed by atoms with Crippen molar-refractivity contribution in [2.75, 3.05) is 26.3 Å². The average molecular weight is 300 g/mol. The number of hydrogen-bond donors (Lipinski definition) is 2. The lowest BCUT2D eigenvalue weighted by Gasteiger charge is -2.24. The van der Waals surface area contributed by atoms with Gasteiger partial charge in [-0.3, -0.25) is 0 Å². The van der Waals surface area contributed by atoms with Crippen LogP contribution >= 0.6 is 15.9 Å². The highest BCUT2D eigenvalue weighted by molar-refractivity contribution is 9.10. The van der Waals surface area contributed by atoms with Crippen LogP contribution in [-0.4, -0.2) is 31.4 Å². The molecule has 92 valence electrons. The number of rotatable bonds is 1. The molecule has 1 atom stereocenters. The molecule has 0 saturated carbocycles. The van der Waals surface area contributed by atoms with E-state index in [9.17, 15) is 5.11 Å². The Hall–Kier alpha value is -0.940. The molecule has 0 radical (unpaired) electrons. The van der Waals surface area contributed by atoms with Gasteiger partial charge in [0.15, 0.2) is 11.5 Å². The van der Waals surface area contributed by atoms with Gasteiger partial charge in [0.05, 0.1) is 4.47 Å². The molecule has 3 rings (SSSR count). The summed E-state index contributed by atoms with van der Waals surface area (Å²) in [4.78, 5) is 0. The summed E-state index contributed by atoms with van der Waals surface area (Å²) < 4.78 is 11.9. The van der Waals surface area contributed by atoms with E-state index in [0.29, 0.717) is 29.4 Å². The Morgan fingerprint density at radius 1 is 1.35 bits per heavy atom. The Kier molecular flexibility index (Phi) is 2.88. The van der Waals surface area contributed by atoms with Gasteiger partial charge in [-0.05, 0) is 28.9 Å². The van der Waals surface area contributed by atoms with E-state index in [0.717, 1.165) is 30.8 Å². The predicted octanol–water partition coefficient (Wildman–Crippen LogP) is 2.00. The second-order valence-corrected chi connectivity index (χ2v) is 5.19. The van der Waals surface area contributed by atoms with Crippen molar-refractivity contribution in [2.45, 2.75) is 12.3 Å². The number of nitrogens with one attached hydrogen (secondary N) is 1. The van der Waals surface area contributed by atoms with Crippen LogP contribution in [-0.2, 0) is 0 Å². The molecule has 1 fully saturated rings. The quantitative estimate of drug-likeness (QED) is 0.833. The highest BCUT2D eigenvalue weighted by Crippen LogP contribution is 2.48. The van der Waals surface area contributed by atoms with Crippen molar-refractivity contribution in [3.8, 4) is 17.2 Å². The van der Waals surface area contributed by atoms with E-state index in [1.165, 1.54) is 0 Å². The van der Waals surface area contributed by atoms with Crippen LogP contribution in [0.5, 0.6) is 17.2 Å². The molecule has 0 aromatic heterocycles. The molecule has 0 amide bonds. The molecule has 1 aromatic rings. The molecule has 5 heteroatoms. The van der Waals surface area contributed by atoms with Crippen LogP contribution < -0.4 is 14.8 Å². The van der Waals surface area contributed by atoms with Crippen LogP contribution in [0.3, 0.4) is 0 Å². The van der Waals surface area contributed by atoms with Gasteiger partial charge in [-0.1, -0.05) is 0 Å². The first-order chi connectivity index (χ1) is 8.27. The number of phenols is 1. The van der Waals surface area contributed by atoms with Crippen molar-refractivity contribution in [3.05, 3.63) is 16.1 Å². The van der Waals surface area contributed by atoms with E-state index in [4.69, 9.17) is 9.47 Å². The molecule has 2 aliphatic heterocycles. The van der Waals surface area contributed by atoms with Crippen LogP contribution in [0.4, 0.5) is 0 Å². The number of phenolic OH excluding ortho intramolecular Hbond substituents is 1. The van der Waals surface area contributed by atoms with Crippen molar-refractivity contribution in [2.24, 2.45) is 0 Å². The van der Waals surface area contributed by atoms with Crippen molar-refractivity contribution < 1.29 is 14.6 Å². The fraction of sp³-hybridized carbons (Fsp3) is 0.500. The standard InChI is InChI=1S/C12H14BrNO3/c13-8-5-9-12(17-4-3-16-9)10(11(8)15)7-1-2-14-6-7/h5,7,14-15H,1-4,6H2. The molecule has 1 unspecified atom stereocenters. The zero-order valence-electron chi connectivity index (χ0n) is 9.33. The largest absolute Gasteiger partial charge is 0.506 e. The molecular weight excluding hydrogens is 286 g/mol. The maximum Gasteiger partial charge on any atom is 0.168 e. The van der Waals surface area contributed by atoms with E-state index >= 15 is 0 Å². The van der Waals surface area contributed by atoms with Gasteiger partial charge in [0.2, 0.25) is 0 Å². The normalized spacial score (nSPS) is 22.8. The second kappa shape index (κ2) is 4.38. The van der Waals surface area contributed by atoms with Gasteiger partial charge >= 0.3 is 0 Å². The van der Waals surface area contributed by atoms with Crippen LogP contribution in [0.25, 0.3) is 0 Å². The lowest BCUT2D eigenvalue weighted by Crippen LogP contribution is -2.18. The summed E-state index contributed by atoms with van der Waals surface area (Å²) in [5.74, 6) is 2.01. The summed E-state index contributed by atoms with van der Waals surface area (Å²) in [7, 11) is 0. The molecule has 0 spiro atoms. The summed E-state index contributed by atoms with van der Waals surface area (Å²) in [5.41, 5.74) is 0.874. The first kappa shape index (κ1) is 11.2. The van der Waals surface area contributed by atoms with Gasteiger partial charge in [-0.15, -0.1) is 0 Å². The zero-order chi connectivity index (χ0) is 11.8. The third kappa shape index (κ3) is 1.87. The monoisotopic (exact) mass is 299 g/mol. The lowest BCUT2D eigenvalue weighted by atomic mass is 9.95. The molecule has 4 nitrogen and oxygen atoms in total. The van der Waals surface area contributed by atoms with E-state index in [2.05, 4.69) is 21.2 Å². The van der Waals surface area contributed by atoms with Crippen molar-refractivity contribution in [1.82, 2.24) is 5.32 Å². The fourth-order valence-corrected chi connectivity index (χ4v) is 2.87.